The molecule has 4 aromatic rings. The van der Waals surface area contributed by atoms with Crippen LogP contribution in [0.1, 0.15) is 30.1 Å². The fourth-order valence-corrected chi connectivity index (χ4v) is 5.68. The first-order valence-corrected chi connectivity index (χ1v) is 14.4. The average molecular weight is 647 g/mol. The highest BCUT2D eigenvalue weighted by molar-refractivity contribution is 6.33. The van der Waals surface area contributed by atoms with Gasteiger partial charge in [-0.3, -0.25) is 14.4 Å². The van der Waals surface area contributed by atoms with E-state index in [1.165, 1.54) is 48.0 Å². The lowest BCUT2D eigenvalue weighted by Gasteiger charge is -2.24. The molecule has 1 saturated heterocycles. The Balaban J connectivity index is 1.34. The van der Waals surface area contributed by atoms with Crippen LogP contribution >= 0.6 is 11.6 Å². The third kappa shape index (κ3) is 7.11. The number of nitrogens with one attached hydrogen (secondary N) is 2. The van der Waals surface area contributed by atoms with E-state index in [1.54, 1.807) is 30.3 Å². The first kappa shape index (κ1) is 32.0. The molecule has 1 aliphatic heterocycles. The Hall–Kier alpha value is -4.45. The van der Waals surface area contributed by atoms with Crippen molar-refractivity contribution in [2.75, 3.05) is 23.7 Å². The number of halogens is 6. The fourth-order valence-electron chi connectivity index (χ4n) is 5.44. The highest BCUT2D eigenvalue weighted by Crippen LogP contribution is 2.33. The van der Waals surface area contributed by atoms with Crippen molar-refractivity contribution in [1.29, 1.82) is 0 Å². The molecule has 0 saturated carbocycles. The van der Waals surface area contributed by atoms with E-state index in [0.29, 0.717) is 27.2 Å². The van der Waals surface area contributed by atoms with Gasteiger partial charge in [-0.2, -0.15) is 13.2 Å². The van der Waals surface area contributed by atoms with Crippen LogP contribution in [0.4, 0.5) is 33.3 Å². The topological polar surface area (TPSA) is 83.4 Å². The van der Waals surface area contributed by atoms with E-state index >= 15 is 4.39 Å². The summed E-state index contributed by atoms with van der Waals surface area (Å²) < 4.78 is 69.2. The van der Waals surface area contributed by atoms with Gasteiger partial charge in [0.2, 0.25) is 11.8 Å². The number of amides is 2. The summed E-state index contributed by atoms with van der Waals surface area (Å²) in [5.74, 6) is -2.45. The summed E-state index contributed by atoms with van der Waals surface area (Å²) in [5, 5.41) is 5.90. The number of nitrogens with zero attached hydrogens (tertiary/aromatic N) is 2. The Kier molecular flexibility index (Phi) is 9.15. The minimum Gasteiger partial charge on any atom is -0.385 e. The van der Waals surface area contributed by atoms with Gasteiger partial charge in [-0.25, -0.2) is 8.78 Å². The Morgan fingerprint density at radius 2 is 1.76 bits per heavy atom. The number of anilines is 2. The fraction of sp³-hybridized carbons (Fsp3) is 0.281. The molecule has 2 amide bonds. The number of likely N-dealkylation sites (tertiary alicyclic amines) is 1. The molecule has 2 N–H and O–H groups in total. The van der Waals surface area contributed by atoms with Crippen LogP contribution in [-0.2, 0) is 16.1 Å². The SMILES string of the molecule is CC(=O)c1cn(CC(=O)N2C[C@H](F)C[C@H]2C(=O)Nc2cccc(-c3ccccc3Cl)c2F)c2ccc(NCCC(F)(F)F)cc12. The molecule has 0 unspecified atom stereocenters. The van der Waals surface area contributed by atoms with Crippen LogP contribution in [0.3, 0.4) is 0 Å². The maximum atomic E-state index is 15.5. The van der Waals surface area contributed by atoms with Crippen LogP contribution in [0.2, 0.25) is 5.02 Å². The standard InChI is InChI=1S/C32H28ClF5N4O3/c1-18(43)24-16-41(27-10-9-20(14-23(24)27)39-12-11-32(36,37)38)17-29(44)42-15-19(34)13-28(42)31(45)40-26-8-4-6-22(30(26)35)21-5-2-3-7-25(21)33/h2-10,14,16,19,28,39H,11-13,15,17H2,1H3,(H,40,45)/t19-,28+/m1/s1. The largest absolute Gasteiger partial charge is 0.390 e. The molecule has 1 aliphatic rings. The summed E-state index contributed by atoms with van der Waals surface area (Å²) >= 11 is 6.23. The lowest BCUT2D eigenvalue weighted by molar-refractivity contribution is -0.137. The minimum absolute atomic E-state index is 0.153. The number of ketones is 1. The van der Waals surface area contributed by atoms with Crippen LogP contribution in [0.5, 0.6) is 0 Å². The van der Waals surface area contributed by atoms with E-state index in [1.807, 2.05) is 0 Å². The van der Waals surface area contributed by atoms with Crippen molar-refractivity contribution in [2.45, 2.75) is 44.7 Å². The first-order chi connectivity index (χ1) is 21.3. The van der Waals surface area contributed by atoms with Gasteiger partial charge < -0.3 is 20.1 Å². The molecule has 0 bridgehead atoms. The van der Waals surface area contributed by atoms with E-state index in [0.717, 1.165) is 4.90 Å². The molecule has 2 heterocycles. The maximum absolute atomic E-state index is 15.5. The molecule has 0 radical (unpaired) electrons. The summed E-state index contributed by atoms with van der Waals surface area (Å²) in [6.45, 7) is 0.252. The average Bonchev–Trinajstić information content (AvgIpc) is 3.54. The number of benzene rings is 3. The highest BCUT2D eigenvalue weighted by Gasteiger charge is 2.40. The second-order valence-corrected chi connectivity index (χ2v) is 11.2. The third-order valence-electron chi connectivity index (χ3n) is 7.60. The number of aromatic nitrogens is 1. The summed E-state index contributed by atoms with van der Waals surface area (Å²) in [7, 11) is 0. The van der Waals surface area contributed by atoms with E-state index in [9.17, 15) is 31.9 Å². The Morgan fingerprint density at radius 1 is 1.02 bits per heavy atom. The molecule has 1 aromatic heterocycles. The normalized spacial score (nSPS) is 16.6. The van der Waals surface area contributed by atoms with Gasteiger partial charge in [-0.1, -0.05) is 41.9 Å². The molecule has 2 atom stereocenters. The second kappa shape index (κ2) is 12.9. The third-order valence-corrected chi connectivity index (χ3v) is 7.93. The summed E-state index contributed by atoms with van der Waals surface area (Å²) in [6.07, 6.45) is -5.72. The number of hydrogen-bond acceptors (Lipinski definition) is 4. The summed E-state index contributed by atoms with van der Waals surface area (Å²) in [6, 6.07) is 14.4. The van der Waals surface area contributed by atoms with Gasteiger partial charge in [0, 0.05) is 57.5 Å². The molecule has 0 aliphatic carbocycles. The van der Waals surface area contributed by atoms with E-state index in [2.05, 4.69) is 10.6 Å². The predicted molar refractivity (Wildman–Crippen MR) is 162 cm³/mol. The van der Waals surface area contributed by atoms with Gasteiger partial charge in [0.15, 0.2) is 11.6 Å². The van der Waals surface area contributed by atoms with Crippen LogP contribution in [0.15, 0.2) is 66.9 Å². The second-order valence-electron chi connectivity index (χ2n) is 10.8. The van der Waals surface area contributed by atoms with Crippen LogP contribution < -0.4 is 10.6 Å². The smallest absolute Gasteiger partial charge is 0.385 e. The molecule has 45 heavy (non-hydrogen) atoms. The molecule has 3 aromatic carbocycles. The lowest BCUT2D eigenvalue weighted by atomic mass is 10.0. The van der Waals surface area contributed by atoms with E-state index < -0.39 is 42.4 Å². The number of hydrogen-bond donors (Lipinski definition) is 2. The van der Waals surface area contributed by atoms with Crippen LogP contribution in [0.25, 0.3) is 22.0 Å². The quantitative estimate of drug-likeness (QED) is 0.148. The number of alkyl halides is 4. The maximum Gasteiger partial charge on any atom is 0.390 e. The molecular formula is C32H28ClF5N4O3. The predicted octanol–water partition coefficient (Wildman–Crippen LogP) is 7.25. The first-order valence-electron chi connectivity index (χ1n) is 14.0. The van der Waals surface area contributed by atoms with Crippen molar-refractivity contribution >= 4 is 51.5 Å². The van der Waals surface area contributed by atoms with Gasteiger partial charge >= 0.3 is 6.18 Å². The monoisotopic (exact) mass is 646 g/mol. The summed E-state index contributed by atoms with van der Waals surface area (Å²) in [4.78, 5) is 40.2. The van der Waals surface area contributed by atoms with Gasteiger partial charge in [-0.15, -0.1) is 0 Å². The summed E-state index contributed by atoms with van der Waals surface area (Å²) in [5.41, 5.74) is 1.47. The zero-order valence-electron chi connectivity index (χ0n) is 23.9. The molecular weight excluding hydrogens is 619 g/mol. The number of carbonyl (C=O) groups is 3. The van der Waals surface area contributed by atoms with E-state index in [4.69, 9.17) is 11.6 Å². The minimum atomic E-state index is -4.33. The zero-order valence-corrected chi connectivity index (χ0v) is 24.7. The van der Waals surface area contributed by atoms with Gasteiger partial charge in [0.1, 0.15) is 18.8 Å². The number of carbonyl (C=O) groups excluding carboxylic acids is 3. The Morgan fingerprint density at radius 3 is 2.47 bits per heavy atom. The molecule has 13 heteroatoms. The number of Topliss-reactive ketones (excluding diaryl/α,β-unsaturated/α-hetero) is 1. The lowest BCUT2D eigenvalue weighted by Crippen LogP contribution is -2.44. The van der Waals surface area contributed by atoms with Gasteiger partial charge in [-0.05, 0) is 37.3 Å². The van der Waals surface area contributed by atoms with Crippen molar-refractivity contribution in [3.8, 4) is 11.1 Å². The zero-order chi connectivity index (χ0) is 32.5. The number of rotatable bonds is 9. The Bertz CT molecular complexity index is 1770. The van der Waals surface area contributed by atoms with Crippen molar-refractivity contribution in [3.63, 3.8) is 0 Å². The van der Waals surface area contributed by atoms with Gasteiger partial charge in [0.25, 0.3) is 0 Å². The van der Waals surface area contributed by atoms with Crippen molar-refractivity contribution in [2.24, 2.45) is 0 Å². The van der Waals surface area contributed by atoms with Gasteiger partial charge in [0.05, 0.1) is 18.7 Å². The molecule has 0 spiro atoms. The number of fused-ring (bicyclic) bond motifs is 1. The molecule has 5 rings (SSSR count). The molecule has 1 fully saturated rings. The van der Waals surface area contributed by atoms with Crippen molar-refractivity contribution < 1.29 is 36.3 Å². The molecule has 236 valence electrons. The highest BCUT2D eigenvalue weighted by atomic mass is 35.5. The Labute approximate surface area is 259 Å². The van der Waals surface area contributed by atoms with Crippen molar-refractivity contribution in [1.82, 2.24) is 9.47 Å². The van der Waals surface area contributed by atoms with Crippen LogP contribution in [-0.4, -0.2) is 58.5 Å². The van der Waals surface area contributed by atoms with Crippen molar-refractivity contribution in [3.05, 3.63) is 83.3 Å². The van der Waals surface area contributed by atoms with Crippen LogP contribution in [0, 0.1) is 5.82 Å². The van der Waals surface area contributed by atoms with E-state index in [-0.39, 0.29) is 48.7 Å². The molecule has 7 nitrogen and oxygen atoms in total.